The van der Waals surface area contributed by atoms with Gasteiger partial charge in [0.2, 0.25) is 0 Å². The highest BCUT2D eigenvalue weighted by Gasteiger charge is 2.22. The number of nitrogens with one attached hydrogen (secondary N) is 1. The topological polar surface area (TPSA) is 54.8 Å². The van der Waals surface area contributed by atoms with Crippen LogP contribution in [0.3, 0.4) is 0 Å². The molecule has 4 heterocycles. The molecule has 57 heavy (non-hydrogen) atoms. The summed E-state index contributed by atoms with van der Waals surface area (Å²) in [5, 5.41) is 10.7. The Kier molecular flexibility index (Phi) is 7.09. The molecule has 0 radical (unpaired) electrons. The average molecular weight is 749 g/mol. The zero-order valence-electron chi connectivity index (χ0n) is 30.6. The number of benzene rings is 8. The molecule has 0 aliphatic carbocycles. The molecule has 1 N–H and O–H groups in total. The second-order valence-corrected chi connectivity index (χ2v) is 15.7. The number of rotatable bonds is 5. The van der Waals surface area contributed by atoms with Crippen molar-refractivity contribution in [1.82, 2.24) is 9.88 Å². The fourth-order valence-electron chi connectivity index (χ4n) is 8.51. The Labute approximate surface area is 331 Å². The van der Waals surface area contributed by atoms with E-state index in [-0.39, 0.29) is 6.17 Å². The number of aromatic nitrogens is 1. The van der Waals surface area contributed by atoms with Crippen LogP contribution in [0, 0.1) is 0 Å². The number of hydrogen-bond donors (Lipinski definition) is 1. The van der Waals surface area contributed by atoms with E-state index < -0.39 is 0 Å². The van der Waals surface area contributed by atoms with Crippen LogP contribution in [-0.4, -0.2) is 16.2 Å². The summed E-state index contributed by atoms with van der Waals surface area (Å²) >= 11 is 1.85. The number of thiophene rings is 1. The van der Waals surface area contributed by atoms with Gasteiger partial charge < -0.3 is 14.3 Å². The Morgan fingerprint density at radius 3 is 1.75 bits per heavy atom. The first kappa shape index (κ1) is 32.0. The van der Waals surface area contributed by atoms with Crippen molar-refractivity contribution in [3.63, 3.8) is 0 Å². The fraction of sp³-hybridized carbons (Fsp3) is 0.0196. The van der Waals surface area contributed by atoms with Gasteiger partial charge in [-0.1, -0.05) is 109 Å². The molecule has 1 aliphatic heterocycles. The molecular formula is C51H32N4OS. The first-order valence-corrected chi connectivity index (χ1v) is 20.0. The third-order valence-electron chi connectivity index (χ3n) is 11.3. The molecule has 0 fully saturated rings. The molecule has 268 valence electrons. The van der Waals surface area contributed by atoms with E-state index in [0.717, 1.165) is 50.0 Å². The molecule has 1 unspecified atom stereocenters. The maximum Gasteiger partial charge on any atom is 0.159 e. The Hall–Kier alpha value is -7.28. The highest BCUT2D eigenvalue weighted by atomic mass is 32.1. The maximum atomic E-state index is 6.40. The second kappa shape index (κ2) is 12.6. The minimum absolute atomic E-state index is 0.265. The Bertz CT molecular complexity index is 3390. The molecule has 11 aromatic rings. The smallest absolute Gasteiger partial charge is 0.159 e. The molecule has 8 aromatic carbocycles. The molecular weight excluding hydrogens is 717 g/mol. The van der Waals surface area contributed by atoms with Crippen molar-refractivity contribution in [2.75, 3.05) is 0 Å². The van der Waals surface area contributed by atoms with Crippen LogP contribution in [0.4, 0.5) is 0 Å². The van der Waals surface area contributed by atoms with Gasteiger partial charge in [-0.15, -0.1) is 11.3 Å². The SMILES string of the molecule is c1ccc(C2=NC(c3ccc4oc5ccc(-c6ccc7sc8ccc(-n9c%10ccccc%10c%10ccccc%109)cc8c7c6)cc5c4c3)=NC(c3ccccc3)N2)cc1. The van der Waals surface area contributed by atoms with Crippen LogP contribution < -0.4 is 5.32 Å². The zero-order chi connectivity index (χ0) is 37.5. The predicted octanol–water partition coefficient (Wildman–Crippen LogP) is 13.2. The van der Waals surface area contributed by atoms with Crippen molar-refractivity contribution in [3.8, 4) is 16.8 Å². The van der Waals surface area contributed by atoms with E-state index in [1.807, 2.05) is 53.8 Å². The normalized spacial score (nSPS) is 14.5. The van der Waals surface area contributed by atoms with E-state index in [4.69, 9.17) is 14.4 Å². The monoisotopic (exact) mass is 748 g/mol. The van der Waals surface area contributed by atoms with Crippen LogP contribution in [0.5, 0.6) is 0 Å². The van der Waals surface area contributed by atoms with Crippen LogP contribution in [0.1, 0.15) is 22.9 Å². The van der Waals surface area contributed by atoms with Crippen LogP contribution in [0.25, 0.3) is 80.7 Å². The zero-order valence-corrected chi connectivity index (χ0v) is 31.4. The molecule has 0 saturated heterocycles. The van der Waals surface area contributed by atoms with Gasteiger partial charge in [-0.25, -0.2) is 9.98 Å². The summed E-state index contributed by atoms with van der Waals surface area (Å²) in [6, 6.07) is 64.5. The highest BCUT2D eigenvalue weighted by molar-refractivity contribution is 7.25. The summed E-state index contributed by atoms with van der Waals surface area (Å²) in [4.78, 5) is 10.2. The molecule has 1 atom stereocenters. The van der Waals surface area contributed by atoms with Crippen LogP contribution in [-0.2, 0) is 0 Å². The predicted molar refractivity (Wildman–Crippen MR) is 238 cm³/mol. The van der Waals surface area contributed by atoms with E-state index in [9.17, 15) is 0 Å². The van der Waals surface area contributed by atoms with Gasteiger partial charge in [0.25, 0.3) is 0 Å². The number of amidine groups is 2. The quantitative estimate of drug-likeness (QED) is 0.191. The van der Waals surface area contributed by atoms with E-state index in [0.29, 0.717) is 5.84 Å². The Morgan fingerprint density at radius 1 is 0.474 bits per heavy atom. The number of nitrogens with zero attached hydrogens (tertiary/aromatic N) is 3. The van der Waals surface area contributed by atoms with Gasteiger partial charge in [0, 0.05) is 58.5 Å². The van der Waals surface area contributed by atoms with E-state index in [1.54, 1.807) is 0 Å². The van der Waals surface area contributed by atoms with E-state index in [2.05, 4.69) is 149 Å². The molecule has 12 rings (SSSR count). The van der Waals surface area contributed by atoms with Crippen molar-refractivity contribution >= 4 is 86.9 Å². The third-order valence-corrected chi connectivity index (χ3v) is 12.4. The molecule has 5 nitrogen and oxygen atoms in total. The van der Waals surface area contributed by atoms with Crippen molar-refractivity contribution < 1.29 is 4.42 Å². The summed E-state index contributed by atoms with van der Waals surface area (Å²) < 4.78 is 11.4. The summed E-state index contributed by atoms with van der Waals surface area (Å²) in [6.45, 7) is 0. The molecule has 0 spiro atoms. The van der Waals surface area contributed by atoms with E-state index in [1.165, 1.54) is 53.2 Å². The summed E-state index contributed by atoms with van der Waals surface area (Å²) in [5.41, 5.74) is 10.6. The highest BCUT2D eigenvalue weighted by Crippen LogP contribution is 2.40. The van der Waals surface area contributed by atoms with Gasteiger partial charge in [0.1, 0.15) is 23.2 Å². The molecule has 1 aliphatic rings. The van der Waals surface area contributed by atoms with Gasteiger partial charge in [-0.05, 0) is 89.5 Å². The lowest BCUT2D eigenvalue weighted by molar-refractivity contribution is 0.668. The number of aliphatic imine (C=N–C) groups is 2. The number of para-hydroxylation sites is 2. The summed E-state index contributed by atoms with van der Waals surface area (Å²) in [5.74, 6) is 1.48. The van der Waals surface area contributed by atoms with Crippen LogP contribution in [0.15, 0.2) is 196 Å². The van der Waals surface area contributed by atoms with Crippen LogP contribution in [0.2, 0.25) is 0 Å². The van der Waals surface area contributed by atoms with Crippen molar-refractivity contribution in [2.24, 2.45) is 9.98 Å². The first-order valence-electron chi connectivity index (χ1n) is 19.2. The molecule has 0 saturated carbocycles. The fourth-order valence-corrected chi connectivity index (χ4v) is 9.57. The minimum atomic E-state index is -0.265. The number of furan rings is 1. The minimum Gasteiger partial charge on any atom is -0.456 e. The van der Waals surface area contributed by atoms with Crippen molar-refractivity contribution in [1.29, 1.82) is 0 Å². The molecule has 0 bridgehead atoms. The van der Waals surface area contributed by atoms with Crippen LogP contribution >= 0.6 is 11.3 Å². The Balaban J connectivity index is 0.963. The maximum absolute atomic E-state index is 6.40. The van der Waals surface area contributed by atoms with Gasteiger partial charge in [-0.3, -0.25) is 0 Å². The standard InChI is InChI=1S/C51H32N4OS/c1-3-11-31(12-4-1)49-52-50(32-13-5-2-6-14-32)54-51(53-49)35-20-24-46-40(29-35)39-27-33(19-23-45(39)56-46)34-21-25-47-41(28-34)42-30-36(22-26-48(42)57-47)55-43-17-9-7-15-37(43)38-16-8-10-18-44(38)55/h1-30,49H,(H,52,53,54). The van der Waals surface area contributed by atoms with Gasteiger partial charge in [-0.2, -0.15) is 0 Å². The summed E-state index contributed by atoms with van der Waals surface area (Å²) in [6.07, 6.45) is -0.265. The third kappa shape index (κ3) is 5.22. The lowest BCUT2D eigenvalue weighted by Crippen LogP contribution is -2.33. The van der Waals surface area contributed by atoms with Gasteiger partial charge in [0.05, 0.1) is 11.0 Å². The molecule has 6 heteroatoms. The molecule has 0 amide bonds. The van der Waals surface area contributed by atoms with E-state index >= 15 is 0 Å². The second-order valence-electron chi connectivity index (χ2n) is 14.6. The van der Waals surface area contributed by atoms with Crippen molar-refractivity contribution in [3.05, 3.63) is 199 Å². The lowest BCUT2D eigenvalue weighted by atomic mass is 10.00. The molecule has 3 aromatic heterocycles. The average Bonchev–Trinajstić information content (AvgIpc) is 3.95. The first-order chi connectivity index (χ1) is 28.2. The lowest BCUT2D eigenvalue weighted by Gasteiger charge is -2.23. The Morgan fingerprint density at radius 2 is 1.04 bits per heavy atom. The number of hydrogen-bond acceptors (Lipinski definition) is 5. The summed E-state index contributed by atoms with van der Waals surface area (Å²) in [7, 11) is 0. The van der Waals surface area contributed by atoms with Gasteiger partial charge >= 0.3 is 0 Å². The van der Waals surface area contributed by atoms with Crippen molar-refractivity contribution in [2.45, 2.75) is 6.17 Å². The largest absolute Gasteiger partial charge is 0.456 e. The number of fused-ring (bicyclic) bond motifs is 9. The van der Waals surface area contributed by atoms with Gasteiger partial charge in [0.15, 0.2) is 5.84 Å².